The van der Waals surface area contributed by atoms with E-state index in [2.05, 4.69) is 10.6 Å². The van der Waals surface area contributed by atoms with Crippen LogP contribution >= 0.6 is 23.4 Å². The summed E-state index contributed by atoms with van der Waals surface area (Å²) in [7, 11) is 0. The Morgan fingerprint density at radius 2 is 1.91 bits per heavy atom. The van der Waals surface area contributed by atoms with Gasteiger partial charge in [0.05, 0.1) is 29.7 Å². The number of halogens is 1. The van der Waals surface area contributed by atoms with E-state index in [-0.39, 0.29) is 18.4 Å². The zero-order valence-corrected chi connectivity index (χ0v) is 20.7. The highest BCUT2D eigenvalue weighted by atomic mass is 35.5. The summed E-state index contributed by atoms with van der Waals surface area (Å²) in [5, 5.41) is 26.5. The van der Waals surface area contributed by atoms with Gasteiger partial charge in [0.1, 0.15) is 17.6 Å². The summed E-state index contributed by atoms with van der Waals surface area (Å²) in [4.78, 5) is 13.3. The average molecular weight is 491 g/mol. The number of aliphatic hydroxyl groups is 2. The first-order valence-corrected chi connectivity index (χ1v) is 13.9. The molecular weight excluding hydrogens is 452 g/mol. The molecule has 3 saturated heterocycles. The first kappa shape index (κ1) is 25.0. The molecule has 1 saturated carbocycles. The van der Waals surface area contributed by atoms with Crippen molar-refractivity contribution >= 4 is 29.3 Å². The van der Waals surface area contributed by atoms with Crippen molar-refractivity contribution < 1.29 is 24.5 Å². The second kappa shape index (κ2) is 11.1. The Morgan fingerprint density at radius 3 is 2.59 bits per heavy atom. The molecule has 0 aromatic rings. The quantitative estimate of drug-likeness (QED) is 0.422. The van der Waals surface area contributed by atoms with Gasteiger partial charge in [-0.25, -0.2) is 0 Å². The Morgan fingerprint density at radius 1 is 1.16 bits per heavy atom. The number of hydrogen-bond donors (Lipinski definition) is 4. The minimum Gasteiger partial charge on any atom is -0.390 e. The van der Waals surface area contributed by atoms with Crippen molar-refractivity contribution in [3.05, 3.63) is 0 Å². The minimum atomic E-state index is -0.951. The molecule has 10 atom stereocenters. The maximum Gasteiger partial charge on any atom is 0.240 e. The molecule has 32 heavy (non-hydrogen) atoms. The van der Waals surface area contributed by atoms with Crippen molar-refractivity contribution in [2.24, 2.45) is 17.8 Å². The fourth-order valence-corrected chi connectivity index (χ4v) is 7.18. The lowest BCUT2D eigenvalue weighted by molar-refractivity contribution is -0.148. The summed E-state index contributed by atoms with van der Waals surface area (Å²) in [6.07, 6.45) is 7.21. The van der Waals surface area contributed by atoms with E-state index in [1.807, 2.05) is 13.2 Å². The van der Waals surface area contributed by atoms with E-state index >= 15 is 0 Å². The summed E-state index contributed by atoms with van der Waals surface area (Å²) in [6, 6.07) is -0.880. The molecule has 4 rings (SSSR count). The number of carbonyl (C=O) groups excluding carboxylic acids is 1. The van der Waals surface area contributed by atoms with Crippen LogP contribution < -0.4 is 10.6 Å². The molecule has 3 aliphatic heterocycles. The van der Waals surface area contributed by atoms with E-state index in [0.717, 1.165) is 25.3 Å². The van der Waals surface area contributed by atoms with Gasteiger partial charge in [-0.05, 0) is 43.8 Å². The van der Waals surface area contributed by atoms with Gasteiger partial charge in [0, 0.05) is 19.6 Å². The number of rotatable bonds is 6. The topological polar surface area (TPSA) is 100 Å². The lowest BCUT2D eigenvalue weighted by Crippen LogP contribution is -2.59. The maximum atomic E-state index is 13.3. The monoisotopic (exact) mass is 490 g/mol. The molecule has 0 aromatic carbocycles. The molecule has 4 fully saturated rings. The predicted molar refractivity (Wildman–Crippen MR) is 126 cm³/mol. The van der Waals surface area contributed by atoms with Crippen molar-refractivity contribution in [1.29, 1.82) is 0 Å². The molecule has 0 radical (unpaired) electrons. The second-order valence-corrected chi connectivity index (χ2v) is 11.7. The average Bonchev–Trinajstić information content (AvgIpc) is 3.39. The van der Waals surface area contributed by atoms with Crippen molar-refractivity contribution in [2.75, 3.05) is 19.4 Å². The smallest absolute Gasteiger partial charge is 0.240 e. The van der Waals surface area contributed by atoms with E-state index in [9.17, 15) is 15.0 Å². The summed E-state index contributed by atoms with van der Waals surface area (Å²) in [5.74, 6) is 1.76. The van der Waals surface area contributed by atoms with Gasteiger partial charge in [-0.15, -0.1) is 23.4 Å². The Hall–Kier alpha value is -0.0900. The number of carbonyl (C=O) groups is 1. The van der Waals surface area contributed by atoms with Gasteiger partial charge in [-0.1, -0.05) is 25.7 Å². The van der Waals surface area contributed by atoms with Gasteiger partial charge < -0.3 is 30.3 Å². The van der Waals surface area contributed by atoms with Gasteiger partial charge in [-0.3, -0.25) is 4.79 Å². The van der Waals surface area contributed by atoms with Crippen LogP contribution in [-0.2, 0) is 14.3 Å². The van der Waals surface area contributed by atoms with Gasteiger partial charge in [0.25, 0.3) is 0 Å². The van der Waals surface area contributed by atoms with E-state index in [1.54, 1.807) is 0 Å². The third kappa shape index (κ3) is 5.42. The fourth-order valence-electron chi connectivity index (χ4n) is 6.24. The molecule has 1 unspecified atom stereocenters. The molecule has 9 heteroatoms. The van der Waals surface area contributed by atoms with Gasteiger partial charge in [0.2, 0.25) is 5.91 Å². The lowest BCUT2D eigenvalue weighted by atomic mass is 9.81. The molecular formula is C23H39ClN2O5S. The van der Waals surface area contributed by atoms with Gasteiger partial charge in [0.15, 0.2) is 0 Å². The third-order valence-electron chi connectivity index (χ3n) is 8.04. The SMILES string of the molecule is CSC1O[C@H]([C@H](NC(=O)[C@H]2NC[C@@H]3C[C@H](C4CCCC4)CCO[C@H]32)[C@H](C)Cl)C[C@@H](O)[C@H]1O. The molecule has 4 N–H and O–H groups in total. The number of hydrogen-bond acceptors (Lipinski definition) is 7. The first-order valence-electron chi connectivity index (χ1n) is 12.2. The van der Waals surface area contributed by atoms with Crippen LogP contribution in [0, 0.1) is 17.8 Å². The highest BCUT2D eigenvalue weighted by Gasteiger charge is 2.46. The highest BCUT2D eigenvalue weighted by molar-refractivity contribution is 7.99. The fraction of sp³-hybridized carbons (Fsp3) is 0.957. The summed E-state index contributed by atoms with van der Waals surface area (Å²) >= 11 is 7.80. The number of fused-ring (bicyclic) bond motifs is 1. The van der Waals surface area contributed by atoms with E-state index in [1.165, 1.54) is 37.4 Å². The third-order valence-corrected chi connectivity index (χ3v) is 9.16. The largest absolute Gasteiger partial charge is 0.390 e. The summed E-state index contributed by atoms with van der Waals surface area (Å²) in [5.41, 5.74) is -0.551. The van der Waals surface area contributed by atoms with Gasteiger partial charge in [-0.2, -0.15) is 0 Å². The lowest BCUT2D eigenvalue weighted by Gasteiger charge is -2.41. The maximum absolute atomic E-state index is 13.3. The van der Waals surface area contributed by atoms with Crippen molar-refractivity contribution in [3.63, 3.8) is 0 Å². The van der Waals surface area contributed by atoms with Crippen LogP contribution in [0.1, 0.15) is 51.9 Å². The van der Waals surface area contributed by atoms with E-state index in [4.69, 9.17) is 21.1 Å². The number of amides is 1. The Labute approximate surface area is 200 Å². The molecule has 184 valence electrons. The number of nitrogens with one attached hydrogen (secondary N) is 2. The second-order valence-electron chi connectivity index (χ2n) is 10.1. The van der Waals surface area contributed by atoms with E-state index in [0.29, 0.717) is 18.4 Å². The Balaban J connectivity index is 1.39. The summed E-state index contributed by atoms with van der Waals surface area (Å²) < 4.78 is 12.2. The Bertz CT molecular complexity index is 638. The van der Waals surface area contributed by atoms with Crippen LogP contribution in [-0.4, -0.2) is 82.8 Å². The molecule has 1 aliphatic carbocycles. The van der Waals surface area contributed by atoms with Crippen LogP contribution in [0.25, 0.3) is 0 Å². The molecule has 3 heterocycles. The highest BCUT2D eigenvalue weighted by Crippen LogP contribution is 2.40. The minimum absolute atomic E-state index is 0.119. The standard InChI is InChI=1S/C23H39ClN2O5S/c1-12(24)18(17-10-16(27)20(28)23(31-17)32-2)26-22(29)19-21-15(11-25-19)9-14(7-8-30-21)13-5-3-4-6-13/h12-21,23,25,27-28H,3-11H2,1-2H3,(H,26,29)/t12-,14+,15-,16+,17-,18+,19-,20+,21+,23?/m0/s1. The van der Waals surface area contributed by atoms with Crippen molar-refractivity contribution in [1.82, 2.24) is 10.6 Å². The van der Waals surface area contributed by atoms with Crippen molar-refractivity contribution in [3.8, 4) is 0 Å². The zero-order valence-electron chi connectivity index (χ0n) is 19.1. The van der Waals surface area contributed by atoms with E-state index < -0.39 is 41.2 Å². The molecule has 7 nitrogen and oxygen atoms in total. The number of ether oxygens (including phenoxy) is 2. The predicted octanol–water partition coefficient (Wildman–Crippen LogP) is 1.87. The zero-order chi connectivity index (χ0) is 22.8. The van der Waals surface area contributed by atoms with Gasteiger partial charge >= 0.3 is 0 Å². The molecule has 0 spiro atoms. The molecule has 4 aliphatic rings. The van der Waals surface area contributed by atoms with Crippen LogP contribution in [0.4, 0.5) is 0 Å². The molecule has 1 amide bonds. The molecule has 0 bridgehead atoms. The number of alkyl halides is 1. The molecule has 0 aromatic heterocycles. The number of aliphatic hydroxyl groups excluding tert-OH is 2. The Kier molecular flexibility index (Phi) is 8.68. The van der Waals surface area contributed by atoms with Crippen LogP contribution in [0.2, 0.25) is 0 Å². The number of thioether (sulfide) groups is 1. The first-order chi connectivity index (χ1) is 15.4. The summed E-state index contributed by atoms with van der Waals surface area (Å²) in [6.45, 7) is 3.33. The normalized spacial score (nSPS) is 42.8. The van der Waals surface area contributed by atoms with Crippen LogP contribution in [0.5, 0.6) is 0 Å². The van der Waals surface area contributed by atoms with Crippen molar-refractivity contribution in [2.45, 2.75) is 99.2 Å². The van der Waals surface area contributed by atoms with Crippen LogP contribution in [0.3, 0.4) is 0 Å². The van der Waals surface area contributed by atoms with Crippen LogP contribution in [0.15, 0.2) is 0 Å².